The number of nitrogens with one attached hydrogen (secondary N) is 1. The molecule has 0 amide bonds. The van der Waals surface area contributed by atoms with Crippen molar-refractivity contribution in [1.29, 1.82) is 0 Å². The van der Waals surface area contributed by atoms with Crippen LogP contribution in [0.4, 0.5) is 5.69 Å². The summed E-state index contributed by atoms with van der Waals surface area (Å²) in [7, 11) is 0. The molecule has 0 saturated heterocycles. The quantitative estimate of drug-likeness (QED) is 0.746. The van der Waals surface area contributed by atoms with E-state index in [0.717, 1.165) is 10.2 Å². The van der Waals surface area contributed by atoms with E-state index in [4.69, 9.17) is 0 Å². The van der Waals surface area contributed by atoms with Crippen molar-refractivity contribution in [3.05, 3.63) is 59.3 Å². The molecule has 108 valence electrons. The van der Waals surface area contributed by atoms with Crippen LogP contribution in [0.3, 0.4) is 0 Å². The zero-order chi connectivity index (χ0) is 14.7. The van der Waals surface area contributed by atoms with Crippen molar-refractivity contribution in [3.8, 4) is 0 Å². The fraction of sp³-hybridized carbons (Fsp3) is 0.188. The molecule has 0 saturated carbocycles. The first kappa shape index (κ1) is 14.1. The molecule has 21 heavy (non-hydrogen) atoms. The lowest BCUT2D eigenvalue weighted by Gasteiger charge is -2.13. The number of hydrogen-bond donors (Lipinski definition) is 2. The lowest BCUT2D eigenvalue weighted by atomic mass is 10.1. The minimum absolute atomic E-state index is 0.481. The first-order valence-electron chi connectivity index (χ1n) is 6.79. The standard InChI is InChI=1S/C16H16BrN3O/c17-14-4-2-13-9-15(5-3-12(13)8-14)18-10-16(21)11-20-7-1-6-19-20/h1-9,16,18,21H,10-11H2. The third-order valence-corrected chi connectivity index (χ3v) is 3.79. The van der Waals surface area contributed by atoms with Gasteiger partial charge in [0.1, 0.15) is 0 Å². The Bertz CT molecular complexity index is 727. The molecule has 1 atom stereocenters. The van der Waals surface area contributed by atoms with Crippen LogP contribution >= 0.6 is 15.9 Å². The highest BCUT2D eigenvalue weighted by Gasteiger charge is 2.05. The molecule has 4 nitrogen and oxygen atoms in total. The van der Waals surface area contributed by atoms with Crippen molar-refractivity contribution in [1.82, 2.24) is 9.78 Å². The van der Waals surface area contributed by atoms with Crippen molar-refractivity contribution in [2.75, 3.05) is 11.9 Å². The summed E-state index contributed by atoms with van der Waals surface area (Å²) in [5.74, 6) is 0. The summed E-state index contributed by atoms with van der Waals surface area (Å²) in [6.07, 6.45) is 3.07. The molecular formula is C16H16BrN3O. The maximum atomic E-state index is 10.0. The highest BCUT2D eigenvalue weighted by atomic mass is 79.9. The molecule has 0 aliphatic heterocycles. The first-order chi connectivity index (χ1) is 10.2. The molecule has 2 N–H and O–H groups in total. The monoisotopic (exact) mass is 345 g/mol. The number of nitrogens with zero attached hydrogens (tertiary/aromatic N) is 2. The number of halogens is 1. The number of aromatic nitrogens is 2. The van der Waals surface area contributed by atoms with Crippen molar-refractivity contribution in [2.24, 2.45) is 0 Å². The van der Waals surface area contributed by atoms with Crippen LogP contribution in [0.2, 0.25) is 0 Å². The molecular weight excluding hydrogens is 330 g/mol. The minimum atomic E-state index is -0.481. The number of rotatable bonds is 5. The molecule has 3 aromatic rings. The maximum absolute atomic E-state index is 10.0. The Balaban J connectivity index is 1.63. The number of fused-ring (bicyclic) bond motifs is 1. The molecule has 0 radical (unpaired) electrons. The number of aliphatic hydroxyl groups is 1. The van der Waals surface area contributed by atoms with Gasteiger partial charge >= 0.3 is 0 Å². The highest BCUT2D eigenvalue weighted by Crippen LogP contribution is 2.22. The predicted molar refractivity (Wildman–Crippen MR) is 88.4 cm³/mol. The van der Waals surface area contributed by atoms with E-state index in [2.05, 4.69) is 50.6 Å². The molecule has 1 unspecified atom stereocenters. The Morgan fingerprint density at radius 3 is 2.81 bits per heavy atom. The van der Waals surface area contributed by atoms with Gasteiger partial charge in [-0.3, -0.25) is 4.68 Å². The van der Waals surface area contributed by atoms with Crippen molar-refractivity contribution in [3.63, 3.8) is 0 Å². The van der Waals surface area contributed by atoms with Gasteiger partial charge in [-0.05, 0) is 41.1 Å². The molecule has 2 aromatic carbocycles. The van der Waals surface area contributed by atoms with Crippen LogP contribution in [-0.2, 0) is 6.54 Å². The average Bonchev–Trinajstić information content (AvgIpc) is 2.98. The summed E-state index contributed by atoms with van der Waals surface area (Å²) in [4.78, 5) is 0. The van der Waals surface area contributed by atoms with Crippen molar-refractivity contribution in [2.45, 2.75) is 12.6 Å². The first-order valence-corrected chi connectivity index (χ1v) is 7.59. The Hall–Kier alpha value is -1.85. The molecule has 5 heteroatoms. The predicted octanol–water partition coefficient (Wildman–Crippen LogP) is 3.27. The van der Waals surface area contributed by atoms with Crippen LogP contribution in [-0.4, -0.2) is 27.5 Å². The topological polar surface area (TPSA) is 50.1 Å². The summed E-state index contributed by atoms with van der Waals surface area (Å²) in [6, 6.07) is 14.2. The van der Waals surface area contributed by atoms with E-state index in [1.165, 1.54) is 10.8 Å². The molecule has 0 aliphatic carbocycles. The van der Waals surface area contributed by atoms with E-state index in [1.807, 2.05) is 24.4 Å². The third-order valence-electron chi connectivity index (χ3n) is 3.30. The second-order valence-electron chi connectivity index (χ2n) is 4.97. The van der Waals surface area contributed by atoms with Gasteiger partial charge in [0.2, 0.25) is 0 Å². The molecule has 0 fully saturated rings. The molecule has 3 rings (SSSR count). The van der Waals surface area contributed by atoms with Gasteiger partial charge in [0.15, 0.2) is 0 Å². The maximum Gasteiger partial charge on any atom is 0.0907 e. The average molecular weight is 346 g/mol. The van der Waals surface area contributed by atoms with E-state index in [9.17, 15) is 5.11 Å². The Morgan fingerprint density at radius 2 is 2.00 bits per heavy atom. The largest absolute Gasteiger partial charge is 0.389 e. The van der Waals surface area contributed by atoms with Gasteiger partial charge in [-0.2, -0.15) is 5.10 Å². The zero-order valence-electron chi connectivity index (χ0n) is 11.4. The highest BCUT2D eigenvalue weighted by molar-refractivity contribution is 9.10. The van der Waals surface area contributed by atoms with E-state index < -0.39 is 6.10 Å². The summed E-state index contributed by atoms with van der Waals surface area (Å²) < 4.78 is 2.80. The van der Waals surface area contributed by atoms with Gasteiger partial charge in [0, 0.05) is 29.1 Å². The molecule has 0 bridgehead atoms. The van der Waals surface area contributed by atoms with E-state index in [1.54, 1.807) is 10.9 Å². The van der Waals surface area contributed by atoms with E-state index in [-0.39, 0.29) is 0 Å². The lowest BCUT2D eigenvalue weighted by molar-refractivity contribution is 0.161. The van der Waals surface area contributed by atoms with Crippen molar-refractivity contribution < 1.29 is 5.11 Å². The zero-order valence-corrected chi connectivity index (χ0v) is 13.0. The van der Waals surface area contributed by atoms with Crippen LogP contribution in [0, 0.1) is 0 Å². The van der Waals surface area contributed by atoms with Crippen molar-refractivity contribution >= 4 is 32.4 Å². The molecule has 0 spiro atoms. The Morgan fingerprint density at radius 1 is 1.19 bits per heavy atom. The minimum Gasteiger partial charge on any atom is -0.389 e. The van der Waals surface area contributed by atoms with Gasteiger partial charge in [-0.25, -0.2) is 0 Å². The fourth-order valence-corrected chi connectivity index (χ4v) is 2.63. The second-order valence-corrected chi connectivity index (χ2v) is 5.88. The van der Waals surface area contributed by atoms with Crippen LogP contribution in [0.1, 0.15) is 0 Å². The summed E-state index contributed by atoms with van der Waals surface area (Å²) in [5.41, 5.74) is 1.00. The summed E-state index contributed by atoms with van der Waals surface area (Å²) in [5, 5.41) is 19.7. The van der Waals surface area contributed by atoms with Gasteiger partial charge < -0.3 is 10.4 Å². The SMILES string of the molecule is OC(CNc1ccc2cc(Br)ccc2c1)Cn1cccn1. The van der Waals surface area contributed by atoms with Gasteiger partial charge in [0.05, 0.1) is 12.6 Å². The van der Waals surface area contributed by atoms with E-state index in [0.29, 0.717) is 13.1 Å². The summed E-state index contributed by atoms with van der Waals surface area (Å²) >= 11 is 3.47. The number of anilines is 1. The smallest absolute Gasteiger partial charge is 0.0907 e. The van der Waals surface area contributed by atoms with Crippen LogP contribution < -0.4 is 5.32 Å². The van der Waals surface area contributed by atoms with Crippen LogP contribution in [0.25, 0.3) is 10.8 Å². The summed E-state index contributed by atoms with van der Waals surface area (Å²) in [6.45, 7) is 0.975. The van der Waals surface area contributed by atoms with Crippen LogP contribution in [0.15, 0.2) is 59.3 Å². The Kier molecular flexibility index (Phi) is 4.22. The fourth-order valence-electron chi connectivity index (χ4n) is 2.25. The van der Waals surface area contributed by atoms with Gasteiger partial charge in [-0.15, -0.1) is 0 Å². The number of benzene rings is 2. The third kappa shape index (κ3) is 3.62. The number of aliphatic hydroxyl groups excluding tert-OH is 1. The van der Waals surface area contributed by atoms with Gasteiger partial charge in [0.25, 0.3) is 0 Å². The second kappa shape index (κ2) is 6.28. The molecule has 1 aromatic heterocycles. The lowest BCUT2D eigenvalue weighted by Crippen LogP contribution is -2.25. The van der Waals surface area contributed by atoms with Crippen LogP contribution in [0.5, 0.6) is 0 Å². The molecule has 0 aliphatic rings. The Labute approximate surface area is 131 Å². The van der Waals surface area contributed by atoms with E-state index >= 15 is 0 Å². The number of hydrogen-bond acceptors (Lipinski definition) is 3. The normalized spacial score (nSPS) is 12.5. The molecule has 1 heterocycles. The van der Waals surface area contributed by atoms with Gasteiger partial charge in [-0.1, -0.05) is 28.1 Å².